The van der Waals surface area contributed by atoms with Gasteiger partial charge in [-0.05, 0) is 42.8 Å². The van der Waals surface area contributed by atoms with Crippen LogP contribution in [0.4, 0.5) is 0 Å². The van der Waals surface area contributed by atoms with Gasteiger partial charge in [0.1, 0.15) is 11.6 Å². The molecule has 33 heavy (non-hydrogen) atoms. The number of rotatable bonds is 15. The highest BCUT2D eigenvalue weighted by molar-refractivity contribution is 5.94. The Labute approximate surface area is 198 Å². The number of para-hydroxylation sites is 2. The van der Waals surface area contributed by atoms with Crippen molar-refractivity contribution >= 4 is 16.9 Å². The predicted octanol–water partition coefficient (Wildman–Crippen LogP) is 6.55. The molecule has 0 aliphatic carbocycles. The average Bonchev–Trinajstić information content (AvgIpc) is 3.20. The van der Waals surface area contributed by atoms with E-state index in [9.17, 15) is 4.79 Å². The van der Waals surface area contributed by atoms with E-state index in [0.29, 0.717) is 18.5 Å². The summed E-state index contributed by atoms with van der Waals surface area (Å²) >= 11 is 0. The Hall–Kier alpha value is -2.82. The molecular weight excluding hydrogens is 410 g/mol. The van der Waals surface area contributed by atoms with Crippen LogP contribution in [0.3, 0.4) is 0 Å². The lowest BCUT2D eigenvalue weighted by atomic mass is 10.1. The van der Waals surface area contributed by atoms with Crippen LogP contribution in [-0.4, -0.2) is 29.1 Å². The minimum atomic E-state index is -0.0701. The molecule has 1 N–H and O–H groups in total. The molecule has 0 fully saturated rings. The van der Waals surface area contributed by atoms with E-state index in [1.165, 1.54) is 63.3 Å². The fourth-order valence-corrected chi connectivity index (χ4v) is 4.28. The number of hydrogen-bond donors (Lipinski definition) is 1. The van der Waals surface area contributed by atoms with Gasteiger partial charge in [0, 0.05) is 25.1 Å². The van der Waals surface area contributed by atoms with Crippen molar-refractivity contribution in [3.63, 3.8) is 0 Å². The molecule has 0 saturated carbocycles. The Bertz CT molecular complexity index is 978. The lowest BCUT2D eigenvalue weighted by Crippen LogP contribution is -2.26. The number of ether oxygens (including phenoxy) is 1. The van der Waals surface area contributed by atoms with Gasteiger partial charge >= 0.3 is 0 Å². The first kappa shape index (κ1) is 24.8. The number of aromatic nitrogens is 2. The molecule has 178 valence electrons. The first-order valence-corrected chi connectivity index (χ1v) is 12.6. The molecule has 0 aliphatic heterocycles. The second-order valence-corrected chi connectivity index (χ2v) is 8.73. The van der Waals surface area contributed by atoms with Crippen molar-refractivity contribution in [1.82, 2.24) is 14.9 Å². The van der Waals surface area contributed by atoms with Gasteiger partial charge in [-0.3, -0.25) is 4.79 Å². The number of carbonyl (C=O) groups excluding carboxylic acids is 1. The third-order valence-electron chi connectivity index (χ3n) is 6.21. The van der Waals surface area contributed by atoms with Gasteiger partial charge in [0.05, 0.1) is 18.1 Å². The van der Waals surface area contributed by atoms with Gasteiger partial charge in [0.25, 0.3) is 5.91 Å². The Morgan fingerprint density at radius 3 is 2.27 bits per heavy atom. The van der Waals surface area contributed by atoms with E-state index < -0.39 is 0 Å². The van der Waals surface area contributed by atoms with E-state index >= 15 is 0 Å². The number of nitrogens with one attached hydrogen (secondary N) is 1. The van der Waals surface area contributed by atoms with E-state index in [2.05, 4.69) is 35.0 Å². The van der Waals surface area contributed by atoms with Gasteiger partial charge < -0.3 is 14.6 Å². The van der Waals surface area contributed by atoms with Crippen molar-refractivity contribution in [1.29, 1.82) is 0 Å². The summed E-state index contributed by atoms with van der Waals surface area (Å²) in [5.41, 5.74) is 2.86. The summed E-state index contributed by atoms with van der Waals surface area (Å²) in [5.74, 6) is 1.72. The van der Waals surface area contributed by atoms with Crippen molar-refractivity contribution in [3.05, 3.63) is 59.9 Å². The molecule has 0 bridgehead atoms. The Morgan fingerprint density at radius 1 is 0.909 bits per heavy atom. The van der Waals surface area contributed by atoms with Gasteiger partial charge in [-0.1, -0.05) is 70.4 Å². The molecule has 5 nitrogen and oxygen atoms in total. The van der Waals surface area contributed by atoms with Crippen LogP contribution >= 0.6 is 0 Å². The third-order valence-corrected chi connectivity index (χ3v) is 6.21. The molecule has 5 heteroatoms. The predicted molar refractivity (Wildman–Crippen MR) is 136 cm³/mol. The number of methoxy groups -OCH3 is 1. The molecule has 3 aromatic rings. The standard InChI is InChI=1S/C28H39N3O2/c1-3-4-5-6-7-8-9-10-13-22-31-26-15-12-11-14-25(26)30-27(31)20-21-29-28(32)23-16-18-24(33-2)19-17-23/h11-12,14-19H,3-10,13,20-22H2,1-2H3,(H,29,32). The first-order chi connectivity index (χ1) is 16.2. The maximum Gasteiger partial charge on any atom is 0.251 e. The highest BCUT2D eigenvalue weighted by atomic mass is 16.5. The van der Waals surface area contributed by atoms with E-state index in [1.807, 2.05) is 6.07 Å². The summed E-state index contributed by atoms with van der Waals surface area (Å²) in [7, 11) is 1.62. The maximum absolute atomic E-state index is 12.5. The Kier molecular flexibility index (Phi) is 10.3. The highest BCUT2D eigenvalue weighted by Gasteiger charge is 2.11. The molecule has 0 aliphatic rings. The van der Waals surface area contributed by atoms with Crippen molar-refractivity contribution in [3.8, 4) is 5.75 Å². The van der Waals surface area contributed by atoms with Gasteiger partial charge in [-0.2, -0.15) is 0 Å². The van der Waals surface area contributed by atoms with E-state index in [1.54, 1.807) is 31.4 Å². The smallest absolute Gasteiger partial charge is 0.251 e. The quantitative estimate of drug-likeness (QED) is 0.268. The molecule has 0 radical (unpaired) electrons. The molecule has 1 amide bonds. The van der Waals surface area contributed by atoms with Crippen LogP contribution in [0.2, 0.25) is 0 Å². The van der Waals surface area contributed by atoms with Crippen LogP contribution in [0.25, 0.3) is 11.0 Å². The lowest BCUT2D eigenvalue weighted by Gasteiger charge is -2.10. The summed E-state index contributed by atoms with van der Waals surface area (Å²) < 4.78 is 7.50. The zero-order chi connectivity index (χ0) is 23.3. The average molecular weight is 450 g/mol. The summed E-state index contributed by atoms with van der Waals surface area (Å²) in [4.78, 5) is 17.3. The number of benzene rings is 2. The summed E-state index contributed by atoms with van der Waals surface area (Å²) in [6.45, 7) is 3.81. The molecule has 0 unspecified atom stereocenters. The molecular formula is C28H39N3O2. The lowest BCUT2D eigenvalue weighted by molar-refractivity contribution is 0.0954. The number of imidazole rings is 1. The number of amides is 1. The summed E-state index contributed by atoms with van der Waals surface area (Å²) in [6.07, 6.45) is 12.6. The zero-order valence-corrected chi connectivity index (χ0v) is 20.3. The largest absolute Gasteiger partial charge is 0.497 e. The molecule has 0 spiro atoms. The number of hydrogen-bond acceptors (Lipinski definition) is 3. The fourth-order valence-electron chi connectivity index (χ4n) is 4.28. The van der Waals surface area contributed by atoms with Gasteiger partial charge in [-0.25, -0.2) is 4.98 Å². The zero-order valence-electron chi connectivity index (χ0n) is 20.3. The monoisotopic (exact) mass is 449 g/mol. The van der Waals surface area contributed by atoms with Gasteiger partial charge in [-0.15, -0.1) is 0 Å². The fraction of sp³-hybridized carbons (Fsp3) is 0.500. The second kappa shape index (κ2) is 13.7. The normalized spacial score (nSPS) is 11.1. The minimum absolute atomic E-state index is 0.0701. The summed E-state index contributed by atoms with van der Waals surface area (Å²) in [5, 5.41) is 3.03. The molecule has 3 rings (SSSR count). The van der Waals surface area contributed by atoms with Crippen LogP contribution in [0.1, 0.15) is 80.9 Å². The van der Waals surface area contributed by atoms with Crippen LogP contribution in [0.15, 0.2) is 48.5 Å². The minimum Gasteiger partial charge on any atom is -0.497 e. The van der Waals surface area contributed by atoms with Gasteiger partial charge in [0.2, 0.25) is 0 Å². The molecule has 2 aromatic carbocycles. The molecule has 0 saturated heterocycles. The SMILES string of the molecule is CCCCCCCCCCCn1c(CCNC(=O)c2ccc(OC)cc2)nc2ccccc21. The van der Waals surface area contributed by atoms with E-state index in [4.69, 9.17) is 9.72 Å². The Balaban J connectivity index is 1.49. The number of aryl methyl sites for hydroxylation is 1. The first-order valence-electron chi connectivity index (χ1n) is 12.6. The number of fused-ring (bicyclic) bond motifs is 1. The van der Waals surface area contributed by atoms with Crippen molar-refractivity contribution < 1.29 is 9.53 Å². The molecule has 1 heterocycles. The third kappa shape index (κ3) is 7.62. The van der Waals surface area contributed by atoms with Crippen molar-refractivity contribution in [2.24, 2.45) is 0 Å². The van der Waals surface area contributed by atoms with Crippen LogP contribution in [-0.2, 0) is 13.0 Å². The topological polar surface area (TPSA) is 56.2 Å². The number of nitrogens with zero attached hydrogens (tertiary/aromatic N) is 2. The second-order valence-electron chi connectivity index (χ2n) is 8.73. The van der Waals surface area contributed by atoms with E-state index in [0.717, 1.165) is 23.6 Å². The number of unbranched alkanes of at least 4 members (excludes halogenated alkanes) is 8. The van der Waals surface area contributed by atoms with Crippen LogP contribution in [0, 0.1) is 0 Å². The Morgan fingerprint density at radius 2 is 1.58 bits per heavy atom. The summed E-state index contributed by atoms with van der Waals surface area (Å²) in [6, 6.07) is 15.5. The molecule has 0 atom stereocenters. The highest BCUT2D eigenvalue weighted by Crippen LogP contribution is 2.18. The van der Waals surface area contributed by atoms with Crippen molar-refractivity contribution in [2.45, 2.75) is 77.7 Å². The van der Waals surface area contributed by atoms with E-state index in [-0.39, 0.29) is 5.91 Å². The van der Waals surface area contributed by atoms with Crippen LogP contribution < -0.4 is 10.1 Å². The van der Waals surface area contributed by atoms with Gasteiger partial charge in [0.15, 0.2) is 0 Å². The molecule has 1 aromatic heterocycles. The number of carbonyl (C=O) groups is 1. The van der Waals surface area contributed by atoms with Crippen LogP contribution in [0.5, 0.6) is 5.75 Å². The maximum atomic E-state index is 12.5. The van der Waals surface area contributed by atoms with Crippen molar-refractivity contribution in [2.75, 3.05) is 13.7 Å².